The Morgan fingerprint density at radius 2 is 1.88 bits per heavy atom. The molecule has 32 heavy (non-hydrogen) atoms. The number of thiazole rings is 1. The third-order valence-corrected chi connectivity index (χ3v) is 8.23. The molecule has 1 aliphatic heterocycles. The van der Waals surface area contributed by atoms with Crippen molar-refractivity contribution in [2.24, 2.45) is 12.1 Å². The van der Waals surface area contributed by atoms with Crippen molar-refractivity contribution in [2.45, 2.75) is 21.7 Å². The van der Waals surface area contributed by atoms with E-state index >= 15 is 0 Å². The number of hydrazone groups is 1. The quantitative estimate of drug-likeness (QED) is 0.364. The van der Waals surface area contributed by atoms with E-state index in [4.69, 9.17) is 0 Å². The number of para-hydroxylation sites is 1. The fraction of sp³-hybridized carbons (Fsp3) is 0.227. The second kappa shape index (κ2) is 9.43. The molecule has 3 heterocycles. The summed E-state index contributed by atoms with van der Waals surface area (Å²) in [5.74, 6) is 1.79. The minimum absolute atomic E-state index is 0.0191. The lowest BCUT2D eigenvalue weighted by Gasteiger charge is -2.10. The largest absolute Gasteiger partial charge is 0.308 e. The van der Waals surface area contributed by atoms with Gasteiger partial charge in [0, 0.05) is 13.5 Å². The third kappa shape index (κ3) is 4.57. The molecule has 162 valence electrons. The van der Waals surface area contributed by atoms with E-state index in [0.29, 0.717) is 12.3 Å². The number of aromatic nitrogens is 4. The summed E-state index contributed by atoms with van der Waals surface area (Å²) in [5, 5.41) is 15.4. The van der Waals surface area contributed by atoms with Crippen LogP contribution in [0.1, 0.15) is 17.8 Å². The predicted octanol–water partition coefficient (Wildman–Crippen LogP) is 4.45. The van der Waals surface area contributed by atoms with Crippen LogP contribution in [0.15, 0.2) is 69.2 Å². The molecule has 0 atom stereocenters. The normalized spacial score (nSPS) is 13.7. The van der Waals surface area contributed by atoms with Gasteiger partial charge in [-0.3, -0.25) is 4.79 Å². The average molecular weight is 481 g/mol. The fourth-order valence-corrected chi connectivity index (χ4v) is 6.15. The summed E-state index contributed by atoms with van der Waals surface area (Å²) in [7, 11) is 1.93. The maximum atomic E-state index is 12.6. The van der Waals surface area contributed by atoms with Crippen LogP contribution in [0.3, 0.4) is 0 Å². The Bertz CT molecular complexity index is 1250. The van der Waals surface area contributed by atoms with Crippen LogP contribution in [0.4, 0.5) is 0 Å². The minimum Gasteiger partial charge on any atom is -0.308 e. The molecule has 0 radical (unpaired) electrons. The first-order valence-electron chi connectivity index (χ1n) is 10.1. The average Bonchev–Trinajstić information content (AvgIpc) is 3.55. The van der Waals surface area contributed by atoms with Gasteiger partial charge >= 0.3 is 0 Å². The van der Waals surface area contributed by atoms with E-state index in [9.17, 15) is 4.79 Å². The molecule has 10 heteroatoms. The molecule has 1 aliphatic rings. The Morgan fingerprint density at radius 1 is 1.06 bits per heavy atom. The van der Waals surface area contributed by atoms with Gasteiger partial charge in [-0.15, -0.1) is 21.5 Å². The van der Waals surface area contributed by atoms with E-state index in [1.54, 1.807) is 28.1 Å². The molecular weight excluding hydrogens is 460 g/mol. The smallest absolute Gasteiger partial charge is 0.253 e. The minimum atomic E-state index is -0.0191. The number of nitrogens with zero attached hydrogens (tertiary/aromatic N) is 6. The molecule has 2 aromatic heterocycles. The summed E-state index contributed by atoms with van der Waals surface area (Å²) < 4.78 is 4.14. The van der Waals surface area contributed by atoms with Crippen LogP contribution in [0.2, 0.25) is 0 Å². The molecule has 1 amide bonds. The van der Waals surface area contributed by atoms with Crippen molar-refractivity contribution in [3.63, 3.8) is 0 Å². The molecule has 7 nitrogen and oxygen atoms in total. The highest BCUT2D eigenvalue weighted by Gasteiger charge is 2.22. The van der Waals surface area contributed by atoms with Gasteiger partial charge in [-0.1, -0.05) is 66.0 Å². The van der Waals surface area contributed by atoms with Crippen LogP contribution < -0.4 is 0 Å². The zero-order valence-electron chi connectivity index (χ0n) is 17.3. The third-order valence-electron chi connectivity index (χ3n) is 5.05. The van der Waals surface area contributed by atoms with Crippen LogP contribution in [0.25, 0.3) is 10.2 Å². The molecular formula is C22H20N6OS3. The van der Waals surface area contributed by atoms with Crippen molar-refractivity contribution >= 4 is 56.7 Å². The summed E-state index contributed by atoms with van der Waals surface area (Å²) in [4.78, 5) is 17.3. The second-order valence-electron chi connectivity index (χ2n) is 7.16. The number of fused-ring (bicyclic) bond motifs is 1. The molecule has 4 aromatic rings. The summed E-state index contributed by atoms with van der Waals surface area (Å²) >= 11 is 4.73. The van der Waals surface area contributed by atoms with Crippen molar-refractivity contribution in [3.8, 4) is 0 Å². The lowest BCUT2D eigenvalue weighted by Crippen LogP contribution is -2.25. The number of amides is 1. The number of hydrogen-bond acceptors (Lipinski definition) is 8. The van der Waals surface area contributed by atoms with Gasteiger partial charge < -0.3 is 4.57 Å². The number of carbonyl (C=O) groups is 1. The number of hydrogen-bond donors (Lipinski definition) is 0. The first-order valence-corrected chi connectivity index (χ1v) is 12.9. The summed E-state index contributed by atoms with van der Waals surface area (Å²) in [6.07, 6.45) is 0.775. The van der Waals surface area contributed by atoms with Crippen molar-refractivity contribution in [2.75, 3.05) is 12.3 Å². The van der Waals surface area contributed by atoms with Crippen LogP contribution in [-0.4, -0.2) is 48.7 Å². The van der Waals surface area contributed by atoms with Crippen LogP contribution in [-0.2, 0) is 17.6 Å². The molecule has 0 fully saturated rings. The highest BCUT2D eigenvalue weighted by molar-refractivity contribution is 8.00. The molecule has 0 aliphatic carbocycles. The van der Waals surface area contributed by atoms with Crippen LogP contribution >= 0.6 is 34.9 Å². The molecule has 0 unspecified atom stereocenters. The Kier molecular flexibility index (Phi) is 6.24. The van der Waals surface area contributed by atoms with E-state index in [-0.39, 0.29) is 11.7 Å². The molecule has 0 bridgehead atoms. The van der Waals surface area contributed by atoms with E-state index in [2.05, 4.69) is 26.3 Å². The zero-order chi connectivity index (χ0) is 21.9. The Hall–Kier alpha value is -2.69. The van der Waals surface area contributed by atoms with Gasteiger partial charge in [0.05, 0.1) is 34.0 Å². The molecule has 0 saturated carbocycles. The Morgan fingerprint density at radius 3 is 2.72 bits per heavy atom. The Labute approximate surface area is 197 Å². The summed E-state index contributed by atoms with van der Waals surface area (Å²) in [6, 6.07) is 18.1. The Balaban J connectivity index is 1.17. The van der Waals surface area contributed by atoms with Crippen molar-refractivity contribution in [1.82, 2.24) is 24.8 Å². The summed E-state index contributed by atoms with van der Waals surface area (Å²) in [6.45, 7) is 0.618. The molecule has 0 N–H and O–H groups in total. The van der Waals surface area contributed by atoms with Gasteiger partial charge in [0.25, 0.3) is 5.91 Å². The van der Waals surface area contributed by atoms with Crippen molar-refractivity contribution in [1.29, 1.82) is 0 Å². The lowest BCUT2D eigenvalue weighted by atomic mass is 10.1. The lowest BCUT2D eigenvalue weighted by molar-refractivity contribution is -0.127. The van der Waals surface area contributed by atoms with Gasteiger partial charge in [0.1, 0.15) is 5.82 Å². The monoisotopic (exact) mass is 480 g/mol. The molecule has 5 rings (SSSR count). The van der Waals surface area contributed by atoms with Gasteiger partial charge in [0.15, 0.2) is 9.50 Å². The van der Waals surface area contributed by atoms with Crippen molar-refractivity contribution < 1.29 is 4.79 Å². The number of rotatable bonds is 7. The highest BCUT2D eigenvalue weighted by Crippen LogP contribution is 2.31. The van der Waals surface area contributed by atoms with E-state index in [1.165, 1.54) is 16.5 Å². The van der Waals surface area contributed by atoms with E-state index < -0.39 is 0 Å². The number of benzene rings is 2. The number of thioether (sulfide) groups is 2. The van der Waals surface area contributed by atoms with Gasteiger partial charge in [-0.2, -0.15) is 5.10 Å². The van der Waals surface area contributed by atoms with Gasteiger partial charge in [-0.25, -0.2) is 9.99 Å². The highest BCUT2D eigenvalue weighted by atomic mass is 32.2. The second-order valence-corrected chi connectivity index (χ2v) is 10.4. The van der Waals surface area contributed by atoms with Gasteiger partial charge in [-0.05, 0) is 17.7 Å². The maximum Gasteiger partial charge on any atom is 0.253 e. The molecule has 0 spiro atoms. The predicted molar refractivity (Wildman–Crippen MR) is 130 cm³/mol. The number of carbonyl (C=O) groups excluding carboxylic acids is 1. The van der Waals surface area contributed by atoms with Crippen LogP contribution in [0.5, 0.6) is 0 Å². The van der Waals surface area contributed by atoms with Crippen LogP contribution in [0, 0.1) is 0 Å². The topological polar surface area (TPSA) is 76.3 Å². The zero-order valence-corrected chi connectivity index (χ0v) is 19.8. The molecule has 2 aromatic carbocycles. The molecule has 0 saturated heterocycles. The first-order chi connectivity index (χ1) is 15.7. The van der Waals surface area contributed by atoms with E-state index in [1.807, 2.05) is 60.1 Å². The fourth-order valence-electron chi connectivity index (χ4n) is 3.31. The van der Waals surface area contributed by atoms with Gasteiger partial charge in [0.2, 0.25) is 0 Å². The first kappa shape index (κ1) is 21.2. The standard InChI is InChI=1S/C22H20N6OS3/c1-27-19(13-31-22-23-17-9-5-6-10-18(17)32-22)24-25-21(27)30-14-20(29)28-12-11-16(26-28)15-7-3-2-4-8-15/h2-10H,11-14H2,1H3. The SMILES string of the molecule is Cn1c(CSc2nc3ccccc3s2)nnc1SCC(=O)N1CCC(c2ccccc2)=N1. The van der Waals surface area contributed by atoms with Crippen molar-refractivity contribution in [3.05, 3.63) is 66.0 Å². The van der Waals surface area contributed by atoms with E-state index in [0.717, 1.165) is 38.5 Å². The maximum absolute atomic E-state index is 12.6. The summed E-state index contributed by atoms with van der Waals surface area (Å²) in [5.41, 5.74) is 3.04.